The molecule has 0 radical (unpaired) electrons. The Morgan fingerprint density at radius 1 is 0.929 bits per heavy atom. The quantitative estimate of drug-likeness (QED) is 0.672. The molecule has 2 heterocycles. The number of nitrogens with zero attached hydrogens (tertiary/aromatic N) is 4. The second-order valence-electron chi connectivity index (χ2n) is 7.96. The monoisotopic (exact) mass is 374 g/mol. The van der Waals surface area contributed by atoms with Gasteiger partial charge in [0, 0.05) is 5.92 Å². The van der Waals surface area contributed by atoms with Crippen molar-refractivity contribution in [1.82, 2.24) is 14.8 Å². The summed E-state index contributed by atoms with van der Waals surface area (Å²) in [6.45, 7) is 8.03. The van der Waals surface area contributed by atoms with E-state index in [0.717, 1.165) is 12.0 Å². The Bertz CT molecular complexity index is 973. The van der Waals surface area contributed by atoms with Crippen LogP contribution in [0, 0.1) is 19.8 Å². The van der Waals surface area contributed by atoms with E-state index in [2.05, 4.69) is 72.5 Å². The topological polar surface area (TPSA) is 51.0 Å². The van der Waals surface area contributed by atoms with Gasteiger partial charge in [0.05, 0.1) is 12.1 Å². The Balaban J connectivity index is 1.84. The van der Waals surface area contributed by atoms with Gasteiger partial charge >= 0.3 is 0 Å². The molecule has 0 saturated carbocycles. The first kappa shape index (κ1) is 18.4. The van der Waals surface area contributed by atoms with E-state index in [1.165, 1.54) is 16.7 Å². The lowest BCUT2D eigenvalue weighted by Crippen LogP contribution is -2.44. The molecule has 2 aromatic carbocycles. The Labute approximate surface area is 166 Å². The van der Waals surface area contributed by atoms with Crippen LogP contribution in [-0.2, 0) is 4.79 Å². The molecule has 144 valence electrons. The second kappa shape index (κ2) is 7.23. The van der Waals surface area contributed by atoms with Crippen LogP contribution in [-0.4, -0.2) is 20.7 Å². The number of fused-ring (bicyclic) bond motifs is 1. The summed E-state index contributed by atoms with van der Waals surface area (Å²) in [5, 5.41) is 4.48. The van der Waals surface area contributed by atoms with Crippen LogP contribution in [0.5, 0.6) is 0 Å². The van der Waals surface area contributed by atoms with Crippen molar-refractivity contribution in [2.24, 2.45) is 5.92 Å². The average Bonchev–Trinajstić information content (AvgIpc) is 3.17. The Hall–Kier alpha value is -2.95. The van der Waals surface area contributed by atoms with E-state index in [4.69, 9.17) is 0 Å². The fraction of sp³-hybridized carbons (Fsp3) is 0.348. The van der Waals surface area contributed by atoms with Crippen LogP contribution in [0.4, 0.5) is 5.95 Å². The molecule has 28 heavy (non-hydrogen) atoms. The van der Waals surface area contributed by atoms with Crippen molar-refractivity contribution in [3.05, 3.63) is 77.1 Å². The molecule has 1 aromatic heterocycles. The first-order chi connectivity index (χ1) is 13.5. The summed E-state index contributed by atoms with van der Waals surface area (Å²) < 4.78 is 1.90. The number of hydrogen-bond acceptors (Lipinski definition) is 3. The lowest BCUT2D eigenvalue weighted by atomic mass is 9.90. The van der Waals surface area contributed by atoms with Crippen LogP contribution < -0.4 is 4.90 Å². The van der Waals surface area contributed by atoms with Gasteiger partial charge in [0.25, 0.3) is 0 Å². The highest BCUT2D eigenvalue weighted by molar-refractivity contribution is 5.94. The normalized spacial score (nSPS) is 19.0. The summed E-state index contributed by atoms with van der Waals surface area (Å²) >= 11 is 0. The Morgan fingerprint density at radius 3 is 2.00 bits per heavy atom. The van der Waals surface area contributed by atoms with Gasteiger partial charge in [-0.15, -0.1) is 0 Å². The van der Waals surface area contributed by atoms with Gasteiger partial charge in [-0.3, -0.25) is 9.69 Å². The van der Waals surface area contributed by atoms with Gasteiger partial charge in [-0.05, 0) is 31.4 Å². The smallest absolute Gasteiger partial charge is 0.232 e. The third-order valence-corrected chi connectivity index (χ3v) is 5.48. The largest absolute Gasteiger partial charge is 0.274 e. The van der Waals surface area contributed by atoms with Gasteiger partial charge < -0.3 is 0 Å². The number of amides is 1. The van der Waals surface area contributed by atoms with Crippen LogP contribution in [0.15, 0.2) is 54.9 Å². The summed E-state index contributed by atoms with van der Waals surface area (Å²) in [5.74, 6) is 0.581. The lowest BCUT2D eigenvalue weighted by Gasteiger charge is -2.40. The molecule has 1 aliphatic heterocycles. The summed E-state index contributed by atoms with van der Waals surface area (Å²) in [7, 11) is 0. The summed E-state index contributed by atoms with van der Waals surface area (Å²) in [4.78, 5) is 19.5. The highest BCUT2D eigenvalue weighted by Crippen LogP contribution is 2.42. The molecule has 5 nitrogen and oxygen atoms in total. The molecule has 4 rings (SSSR count). The highest BCUT2D eigenvalue weighted by atomic mass is 16.2. The first-order valence-corrected chi connectivity index (χ1v) is 9.81. The maximum absolute atomic E-state index is 13.1. The minimum Gasteiger partial charge on any atom is -0.274 e. The van der Waals surface area contributed by atoms with Gasteiger partial charge in [-0.1, -0.05) is 73.5 Å². The highest BCUT2D eigenvalue weighted by Gasteiger charge is 2.39. The van der Waals surface area contributed by atoms with E-state index >= 15 is 0 Å². The van der Waals surface area contributed by atoms with Crippen molar-refractivity contribution in [3.8, 4) is 0 Å². The third kappa shape index (κ3) is 3.21. The van der Waals surface area contributed by atoms with E-state index in [0.29, 0.717) is 5.95 Å². The number of carbonyl (C=O) groups excluding carboxylic acids is 1. The maximum Gasteiger partial charge on any atom is 0.232 e. The average molecular weight is 374 g/mol. The zero-order valence-corrected chi connectivity index (χ0v) is 16.8. The fourth-order valence-corrected chi connectivity index (χ4v) is 3.86. The first-order valence-electron chi connectivity index (χ1n) is 9.81. The molecule has 0 spiro atoms. The number of rotatable bonds is 3. The standard InChI is InChI=1S/C23H26N4O/c1-15(2)22(28)26-20(18-9-5-16(3)6-10-18)13-21(27-23(26)24-14-25-27)19-11-7-17(4)8-12-19/h5-12,14-15,20-21H,13H2,1-4H3/t20-,21+/m1/s1. The van der Waals surface area contributed by atoms with E-state index in [1.54, 1.807) is 6.33 Å². The zero-order valence-electron chi connectivity index (χ0n) is 16.8. The summed E-state index contributed by atoms with van der Waals surface area (Å²) in [6, 6.07) is 17.0. The number of anilines is 1. The molecule has 0 saturated heterocycles. The number of aromatic nitrogens is 3. The van der Waals surface area contributed by atoms with Crippen molar-refractivity contribution >= 4 is 11.9 Å². The zero-order chi connectivity index (χ0) is 19.8. The maximum atomic E-state index is 13.1. The van der Waals surface area contributed by atoms with E-state index in [-0.39, 0.29) is 23.9 Å². The van der Waals surface area contributed by atoms with Gasteiger partial charge in [0.2, 0.25) is 11.9 Å². The second-order valence-corrected chi connectivity index (χ2v) is 7.96. The van der Waals surface area contributed by atoms with Gasteiger partial charge in [0.1, 0.15) is 6.33 Å². The molecule has 2 atom stereocenters. The van der Waals surface area contributed by atoms with Crippen molar-refractivity contribution in [2.45, 2.75) is 46.2 Å². The molecule has 0 aliphatic carbocycles. The molecule has 3 aromatic rings. The predicted octanol–water partition coefficient (Wildman–Crippen LogP) is 4.62. The number of aryl methyl sites for hydroxylation is 2. The molecular weight excluding hydrogens is 348 g/mol. The van der Waals surface area contributed by atoms with Crippen LogP contribution in [0.1, 0.15) is 54.6 Å². The van der Waals surface area contributed by atoms with E-state index in [1.807, 2.05) is 23.4 Å². The van der Waals surface area contributed by atoms with Crippen LogP contribution in [0.2, 0.25) is 0 Å². The Kier molecular flexibility index (Phi) is 4.75. The summed E-state index contributed by atoms with van der Waals surface area (Å²) in [5.41, 5.74) is 4.75. The molecular formula is C23H26N4O. The summed E-state index contributed by atoms with van der Waals surface area (Å²) in [6.07, 6.45) is 2.32. The van der Waals surface area contributed by atoms with Crippen molar-refractivity contribution in [2.75, 3.05) is 4.90 Å². The van der Waals surface area contributed by atoms with Crippen LogP contribution in [0.3, 0.4) is 0 Å². The van der Waals surface area contributed by atoms with E-state index < -0.39 is 0 Å². The molecule has 1 aliphatic rings. The minimum absolute atomic E-state index is 0.0422. The number of carbonyl (C=O) groups is 1. The van der Waals surface area contributed by atoms with Crippen molar-refractivity contribution in [1.29, 1.82) is 0 Å². The van der Waals surface area contributed by atoms with Crippen molar-refractivity contribution < 1.29 is 4.79 Å². The molecule has 0 bridgehead atoms. The molecule has 0 fully saturated rings. The lowest BCUT2D eigenvalue weighted by molar-refractivity contribution is -0.122. The minimum atomic E-state index is -0.117. The number of hydrogen-bond donors (Lipinski definition) is 0. The van der Waals surface area contributed by atoms with Crippen LogP contribution in [0.25, 0.3) is 0 Å². The van der Waals surface area contributed by atoms with Gasteiger partial charge in [0.15, 0.2) is 0 Å². The van der Waals surface area contributed by atoms with Gasteiger partial charge in [-0.2, -0.15) is 10.1 Å². The fourth-order valence-electron chi connectivity index (χ4n) is 3.86. The molecule has 5 heteroatoms. The molecule has 0 unspecified atom stereocenters. The third-order valence-electron chi connectivity index (χ3n) is 5.48. The number of benzene rings is 2. The molecule has 0 N–H and O–H groups in total. The van der Waals surface area contributed by atoms with Crippen LogP contribution >= 0.6 is 0 Å². The Morgan fingerprint density at radius 2 is 1.46 bits per heavy atom. The van der Waals surface area contributed by atoms with Gasteiger partial charge in [-0.25, -0.2) is 4.68 Å². The van der Waals surface area contributed by atoms with E-state index in [9.17, 15) is 4.79 Å². The van der Waals surface area contributed by atoms with Crippen molar-refractivity contribution in [3.63, 3.8) is 0 Å². The predicted molar refractivity (Wildman–Crippen MR) is 110 cm³/mol. The molecule has 1 amide bonds. The SMILES string of the molecule is Cc1ccc([C@H]2C[C@@H](c3ccc(C)cc3)n3ncnc3N2C(=O)C(C)C)cc1.